The molecule has 0 aromatic rings. The van der Waals surface area contributed by atoms with Gasteiger partial charge in [-0.2, -0.15) is 0 Å². The van der Waals surface area contributed by atoms with Crippen molar-refractivity contribution < 1.29 is 23.8 Å². The van der Waals surface area contributed by atoms with Crippen molar-refractivity contribution in [3.8, 4) is 0 Å². The lowest BCUT2D eigenvalue weighted by Crippen LogP contribution is -2.17. The van der Waals surface area contributed by atoms with E-state index in [4.69, 9.17) is 0 Å². The van der Waals surface area contributed by atoms with Crippen LogP contribution in [0.5, 0.6) is 0 Å². The first-order valence-corrected chi connectivity index (χ1v) is 3.50. The first-order valence-electron chi connectivity index (χ1n) is 3.50. The molecule has 0 aromatic carbocycles. The van der Waals surface area contributed by atoms with Gasteiger partial charge in [0.1, 0.15) is 13.2 Å². The molecule has 12 heavy (non-hydrogen) atoms. The average Bonchev–Trinajstić information content (AvgIpc) is 2.04. The number of hydrogen-bond acceptors (Lipinski definition) is 5. The number of rotatable bonds is 5. The van der Waals surface area contributed by atoms with E-state index < -0.39 is 11.9 Å². The minimum Gasteiger partial charge on any atom is -0.467 e. The van der Waals surface area contributed by atoms with Gasteiger partial charge in [-0.1, -0.05) is 0 Å². The third-order valence-electron chi connectivity index (χ3n) is 0.973. The number of ether oxygens (including phenoxy) is 3. The minimum atomic E-state index is -0.515. The maximum absolute atomic E-state index is 10.6. The van der Waals surface area contributed by atoms with Gasteiger partial charge in [0.2, 0.25) is 0 Å². The molecule has 0 atom stereocenters. The smallest absolute Gasteiger partial charge is 0.332 e. The fourth-order valence-corrected chi connectivity index (χ4v) is 0.479. The van der Waals surface area contributed by atoms with E-state index in [1.807, 2.05) is 0 Å². The number of esters is 2. The highest BCUT2D eigenvalue weighted by atomic mass is 16.6. The van der Waals surface area contributed by atoms with Crippen molar-refractivity contribution in [2.75, 3.05) is 26.9 Å². The SMILES string of the molecule is CCOC(=O)COCC(=O)OC. The van der Waals surface area contributed by atoms with E-state index in [0.29, 0.717) is 6.61 Å². The van der Waals surface area contributed by atoms with Crippen molar-refractivity contribution in [1.82, 2.24) is 0 Å². The topological polar surface area (TPSA) is 61.8 Å². The Morgan fingerprint density at radius 1 is 1.17 bits per heavy atom. The molecule has 5 heteroatoms. The van der Waals surface area contributed by atoms with Gasteiger partial charge in [0.15, 0.2) is 0 Å². The van der Waals surface area contributed by atoms with Crippen molar-refractivity contribution in [3.63, 3.8) is 0 Å². The van der Waals surface area contributed by atoms with E-state index in [1.54, 1.807) is 6.92 Å². The van der Waals surface area contributed by atoms with Gasteiger partial charge in [-0.3, -0.25) is 0 Å². The monoisotopic (exact) mass is 176 g/mol. The van der Waals surface area contributed by atoms with E-state index in [1.165, 1.54) is 7.11 Å². The Balaban J connectivity index is 3.30. The van der Waals surface area contributed by atoms with Gasteiger partial charge in [0.25, 0.3) is 0 Å². The molecule has 0 spiro atoms. The fourth-order valence-electron chi connectivity index (χ4n) is 0.479. The summed E-state index contributed by atoms with van der Waals surface area (Å²) in [7, 11) is 1.25. The Morgan fingerprint density at radius 2 is 1.75 bits per heavy atom. The molecule has 0 rings (SSSR count). The molecule has 70 valence electrons. The Hall–Kier alpha value is -1.10. The van der Waals surface area contributed by atoms with Crippen molar-refractivity contribution >= 4 is 11.9 Å². The highest BCUT2D eigenvalue weighted by Crippen LogP contribution is 1.82. The van der Waals surface area contributed by atoms with Gasteiger partial charge in [-0.05, 0) is 6.92 Å². The van der Waals surface area contributed by atoms with Gasteiger partial charge in [-0.15, -0.1) is 0 Å². The second-order valence-electron chi connectivity index (χ2n) is 1.87. The molecule has 0 amide bonds. The summed E-state index contributed by atoms with van der Waals surface area (Å²) < 4.78 is 13.5. The lowest BCUT2D eigenvalue weighted by molar-refractivity contribution is -0.153. The molecule has 0 saturated carbocycles. The first kappa shape index (κ1) is 10.9. The average molecular weight is 176 g/mol. The van der Waals surface area contributed by atoms with Crippen molar-refractivity contribution in [3.05, 3.63) is 0 Å². The van der Waals surface area contributed by atoms with Gasteiger partial charge < -0.3 is 14.2 Å². The molecule has 0 bridgehead atoms. The molecule has 5 nitrogen and oxygen atoms in total. The van der Waals surface area contributed by atoms with Gasteiger partial charge >= 0.3 is 11.9 Å². The van der Waals surface area contributed by atoms with Crippen LogP contribution in [0.1, 0.15) is 6.92 Å². The number of carbonyl (C=O) groups excluding carboxylic acids is 2. The predicted octanol–water partition coefficient (Wildman–Crippen LogP) is -0.261. The van der Waals surface area contributed by atoms with Crippen LogP contribution in [0.25, 0.3) is 0 Å². The molecule has 0 aliphatic carbocycles. The molecule has 0 radical (unpaired) electrons. The van der Waals surface area contributed by atoms with E-state index in [2.05, 4.69) is 14.2 Å². The quantitative estimate of drug-likeness (QED) is 0.540. The molecule has 0 aliphatic rings. The van der Waals surface area contributed by atoms with E-state index in [9.17, 15) is 9.59 Å². The lowest BCUT2D eigenvalue weighted by Gasteiger charge is -2.01. The summed E-state index contributed by atoms with van der Waals surface area (Å²) in [5.41, 5.74) is 0. The summed E-state index contributed by atoms with van der Waals surface area (Å²) in [4.78, 5) is 21.1. The molecular formula is C7H12O5. The lowest BCUT2D eigenvalue weighted by atomic mass is 10.7. The first-order chi connectivity index (χ1) is 5.70. The third kappa shape index (κ3) is 5.67. The zero-order chi connectivity index (χ0) is 9.40. The fraction of sp³-hybridized carbons (Fsp3) is 0.714. The van der Waals surface area contributed by atoms with Gasteiger partial charge in [0, 0.05) is 0 Å². The summed E-state index contributed by atoms with van der Waals surface area (Å²) in [6.07, 6.45) is 0. The van der Waals surface area contributed by atoms with Crippen LogP contribution in [-0.4, -0.2) is 38.9 Å². The van der Waals surface area contributed by atoms with E-state index in [-0.39, 0.29) is 13.2 Å². The number of hydrogen-bond donors (Lipinski definition) is 0. The van der Waals surface area contributed by atoms with Crippen molar-refractivity contribution in [2.24, 2.45) is 0 Å². The highest BCUT2D eigenvalue weighted by Gasteiger charge is 2.04. The summed E-state index contributed by atoms with van der Waals surface area (Å²) in [6.45, 7) is 1.55. The Kier molecular flexibility index (Phi) is 6.00. The second-order valence-corrected chi connectivity index (χ2v) is 1.87. The molecule has 0 aromatic heterocycles. The summed E-state index contributed by atoms with van der Waals surface area (Å²) in [5.74, 6) is -0.999. The third-order valence-corrected chi connectivity index (χ3v) is 0.973. The molecule has 0 N–H and O–H groups in total. The van der Waals surface area contributed by atoms with Crippen molar-refractivity contribution in [2.45, 2.75) is 6.92 Å². The zero-order valence-corrected chi connectivity index (χ0v) is 7.16. The largest absolute Gasteiger partial charge is 0.467 e. The second kappa shape index (κ2) is 6.60. The molecule has 0 aliphatic heterocycles. The van der Waals surface area contributed by atoms with E-state index >= 15 is 0 Å². The van der Waals surface area contributed by atoms with Crippen LogP contribution in [0, 0.1) is 0 Å². The van der Waals surface area contributed by atoms with E-state index in [0.717, 1.165) is 0 Å². The Labute approximate surface area is 70.6 Å². The minimum absolute atomic E-state index is 0.219. The van der Waals surface area contributed by atoms with Crippen LogP contribution in [0.4, 0.5) is 0 Å². The summed E-state index contributed by atoms with van der Waals surface area (Å²) in [6, 6.07) is 0. The normalized spacial score (nSPS) is 9.17. The highest BCUT2D eigenvalue weighted by molar-refractivity contribution is 5.73. The van der Waals surface area contributed by atoms with Gasteiger partial charge in [0.05, 0.1) is 13.7 Å². The Bertz CT molecular complexity index is 154. The molecular weight excluding hydrogens is 164 g/mol. The van der Waals surface area contributed by atoms with Gasteiger partial charge in [-0.25, -0.2) is 9.59 Å². The zero-order valence-electron chi connectivity index (χ0n) is 7.16. The van der Waals surface area contributed by atoms with Crippen LogP contribution in [0.3, 0.4) is 0 Å². The van der Waals surface area contributed by atoms with Crippen molar-refractivity contribution in [1.29, 1.82) is 0 Å². The summed E-state index contributed by atoms with van der Waals surface area (Å²) >= 11 is 0. The maximum atomic E-state index is 10.6. The number of carbonyl (C=O) groups is 2. The standard InChI is InChI=1S/C7H12O5/c1-3-12-7(9)5-11-4-6(8)10-2/h3-5H2,1-2H3. The van der Waals surface area contributed by atoms with Crippen LogP contribution < -0.4 is 0 Å². The maximum Gasteiger partial charge on any atom is 0.332 e. The predicted molar refractivity (Wildman–Crippen MR) is 39.5 cm³/mol. The molecule has 0 fully saturated rings. The van der Waals surface area contributed by atoms with Crippen LogP contribution in [-0.2, 0) is 23.8 Å². The van der Waals surface area contributed by atoms with Crippen LogP contribution in [0.15, 0.2) is 0 Å². The van der Waals surface area contributed by atoms with Crippen LogP contribution in [0.2, 0.25) is 0 Å². The summed E-state index contributed by atoms with van der Waals surface area (Å²) in [5, 5.41) is 0. The molecule has 0 heterocycles. The molecule has 0 unspecified atom stereocenters. The van der Waals surface area contributed by atoms with Crippen LogP contribution >= 0.6 is 0 Å². The number of methoxy groups -OCH3 is 1. The Morgan fingerprint density at radius 3 is 2.25 bits per heavy atom. The molecule has 0 saturated heterocycles.